The van der Waals surface area contributed by atoms with Crippen LogP contribution in [0.15, 0.2) is 18.2 Å². The van der Waals surface area contributed by atoms with Crippen LogP contribution in [-0.4, -0.2) is 37.6 Å². The summed E-state index contributed by atoms with van der Waals surface area (Å²) in [7, 11) is 1.66. The molecule has 0 spiro atoms. The Morgan fingerprint density at radius 3 is 2.88 bits per heavy atom. The first-order valence-electron chi connectivity index (χ1n) is 9.06. The summed E-state index contributed by atoms with van der Waals surface area (Å²) in [6, 6.07) is 6.07. The highest BCUT2D eigenvalue weighted by atomic mass is 16.5. The Morgan fingerprint density at radius 1 is 1.40 bits per heavy atom. The number of hydrazine groups is 1. The number of likely N-dealkylation sites (tertiary alicyclic amines) is 1. The van der Waals surface area contributed by atoms with Crippen molar-refractivity contribution in [1.82, 2.24) is 10.3 Å². The summed E-state index contributed by atoms with van der Waals surface area (Å²) in [5, 5.41) is 0. The lowest BCUT2D eigenvalue weighted by molar-refractivity contribution is -0.126. The first kappa shape index (κ1) is 19.5. The van der Waals surface area contributed by atoms with Crippen molar-refractivity contribution in [2.75, 3.05) is 26.8 Å². The molecule has 1 amide bonds. The number of carbonyl (C=O) groups is 1. The van der Waals surface area contributed by atoms with Crippen LogP contribution < -0.4 is 20.7 Å². The van der Waals surface area contributed by atoms with E-state index in [1.807, 2.05) is 12.1 Å². The Labute approximate surface area is 150 Å². The monoisotopic (exact) mass is 349 g/mol. The number of piperidine rings is 1. The zero-order valence-electron chi connectivity index (χ0n) is 15.6. The molecule has 1 aromatic carbocycles. The number of nitrogens with one attached hydrogen (secondary N) is 1. The lowest BCUT2D eigenvalue weighted by Gasteiger charge is -2.31. The Hall–Kier alpha value is -1.79. The Balaban J connectivity index is 1.96. The summed E-state index contributed by atoms with van der Waals surface area (Å²) >= 11 is 0. The van der Waals surface area contributed by atoms with E-state index in [0.717, 1.165) is 56.0 Å². The number of nitrogens with zero attached hydrogens (tertiary/aromatic N) is 1. The van der Waals surface area contributed by atoms with Crippen molar-refractivity contribution in [1.29, 1.82) is 0 Å². The summed E-state index contributed by atoms with van der Waals surface area (Å²) in [5.41, 5.74) is 3.42. The Bertz CT molecular complexity index is 563. The molecule has 6 nitrogen and oxygen atoms in total. The van der Waals surface area contributed by atoms with Gasteiger partial charge in [-0.05, 0) is 49.4 Å². The third-order valence-electron chi connectivity index (χ3n) is 4.61. The van der Waals surface area contributed by atoms with Crippen molar-refractivity contribution < 1.29 is 14.3 Å². The number of carbonyl (C=O) groups excluding carboxylic acids is 1. The first-order chi connectivity index (χ1) is 12.0. The number of hydrogen-bond donors (Lipinski definition) is 2. The molecule has 0 aromatic heterocycles. The van der Waals surface area contributed by atoms with E-state index in [-0.39, 0.29) is 11.8 Å². The predicted octanol–water partition coefficient (Wildman–Crippen LogP) is 2.32. The van der Waals surface area contributed by atoms with E-state index >= 15 is 0 Å². The molecule has 1 aliphatic heterocycles. The molecule has 1 atom stereocenters. The quantitative estimate of drug-likeness (QED) is 0.428. The molecule has 0 bridgehead atoms. The smallest absolute Gasteiger partial charge is 0.238 e. The molecule has 1 fully saturated rings. The van der Waals surface area contributed by atoms with Crippen LogP contribution in [0.1, 0.15) is 38.7 Å². The van der Waals surface area contributed by atoms with Gasteiger partial charge in [0.2, 0.25) is 5.91 Å². The van der Waals surface area contributed by atoms with E-state index in [1.165, 1.54) is 0 Å². The Morgan fingerprint density at radius 2 is 2.20 bits per heavy atom. The van der Waals surface area contributed by atoms with Crippen LogP contribution in [0, 0.1) is 11.8 Å². The zero-order chi connectivity index (χ0) is 18.2. The minimum absolute atomic E-state index is 0.0284. The number of benzene rings is 1. The number of rotatable bonds is 8. The summed E-state index contributed by atoms with van der Waals surface area (Å²) in [6.07, 6.45) is 2.92. The molecule has 25 heavy (non-hydrogen) atoms. The van der Waals surface area contributed by atoms with Crippen molar-refractivity contribution in [3.05, 3.63) is 23.8 Å². The van der Waals surface area contributed by atoms with Gasteiger partial charge in [0.05, 0.1) is 19.6 Å². The lowest BCUT2D eigenvalue weighted by atomic mass is 9.97. The van der Waals surface area contributed by atoms with Gasteiger partial charge in [0.15, 0.2) is 11.5 Å². The van der Waals surface area contributed by atoms with Crippen LogP contribution in [0.3, 0.4) is 0 Å². The van der Waals surface area contributed by atoms with Gasteiger partial charge in [-0.3, -0.25) is 15.1 Å². The normalized spacial score (nSPS) is 18.2. The third kappa shape index (κ3) is 5.90. The van der Waals surface area contributed by atoms with Gasteiger partial charge in [0.25, 0.3) is 0 Å². The first-order valence-corrected chi connectivity index (χ1v) is 9.06. The van der Waals surface area contributed by atoms with E-state index in [2.05, 4.69) is 30.2 Å². The van der Waals surface area contributed by atoms with Crippen molar-refractivity contribution in [2.24, 2.45) is 17.7 Å². The van der Waals surface area contributed by atoms with Crippen molar-refractivity contribution in [3.8, 4) is 11.5 Å². The average Bonchev–Trinajstić information content (AvgIpc) is 2.62. The van der Waals surface area contributed by atoms with Gasteiger partial charge in [-0.15, -0.1) is 0 Å². The van der Waals surface area contributed by atoms with Crippen LogP contribution in [0.25, 0.3) is 0 Å². The fourth-order valence-electron chi connectivity index (χ4n) is 3.12. The van der Waals surface area contributed by atoms with Crippen LogP contribution in [-0.2, 0) is 11.3 Å². The van der Waals surface area contributed by atoms with Gasteiger partial charge in [0.1, 0.15) is 0 Å². The molecule has 3 N–H and O–H groups in total. The van der Waals surface area contributed by atoms with Gasteiger partial charge in [-0.2, -0.15) is 0 Å². The van der Waals surface area contributed by atoms with Crippen molar-refractivity contribution in [3.63, 3.8) is 0 Å². The second kappa shape index (κ2) is 9.63. The number of ether oxygens (including phenoxy) is 2. The molecule has 1 aliphatic rings. The van der Waals surface area contributed by atoms with E-state index < -0.39 is 0 Å². The Kier molecular flexibility index (Phi) is 7.52. The number of methoxy groups -OCH3 is 1. The fourth-order valence-corrected chi connectivity index (χ4v) is 3.12. The highest BCUT2D eigenvalue weighted by Gasteiger charge is 2.25. The number of nitrogens with two attached hydrogens (primary N) is 1. The molecule has 0 saturated carbocycles. The highest BCUT2D eigenvalue weighted by molar-refractivity contribution is 5.78. The molecule has 140 valence electrons. The topological polar surface area (TPSA) is 76.8 Å². The van der Waals surface area contributed by atoms with Gasteiger partial charge < -0.3 is 9.47 Å². The minimum atomic E-state index is -0.0730. The molecule has 1 saturated heterocycles. The van der Waals surface area contributed by atoms with Crippen LogP contribution >= 0.6 is 0 Å². The number of amides is 1. The maximum Gasteiger partial charge on any atom is 0.238 e. The molecular weight excluding hydrogens is 318 g/mol. The van der Waals surface area contributed by atoms with Gasteiger partial charge in [-0.1, -0.05) is 19.9 Å². The maximum absolute atomic E-state index is 11.8. The van der Waals surface area contributed by atoms with Crippen molar-refractivity contribution in [2.45, 2.75) is 39.7 Å². The van der Waals surface area contributed by atoms with Gasteiger partial charge in [0, 0.05) is 13.1 Å². The summed E-state index contributed by atoms with van der Waals surface area (Å²) in [6.45, 7) is 7.56. The van der Waals surface area contributed by atoms with Gasteiger partial charge >= 0.3 is 0 Å². The zero-order valence-corrected chi connectivity index (χ0v) is 15.6. The van der Waals surface area contributed by atoms with E-state index in [9.17, 15) is 4.79 Å². The number of hydrogen-bond acceptors (Lipinski definition) is 5. The average molecular weight is 349 g/mol. The standard InChI is InChI=1S/C19H31N3O3/c1-14(2)8-10-25-17-7-6-15(11-18(17)24-3)12-22-9-4-5-16(13-22)19(23)21-20/h6-7,11,14,16H,4-5,8-10,12-13,20H2,1-3H3,(H,21,23). The molecule has 1 unspecified atom stereocenters. The molecule has 1 heterocycles. The lowest BCUT2D eigenvalue weighted by Crippen LogP contribution is -2.44. The molecule has 0 radical (unpaired) electrons. The van der Waals surface area contributed by atoms with Crippen LogP contribution in [0.2, 0.25) is 0 Å². The summed E-state index contributed by atoms with van der Waals surface area (Å²) < 4.78 is 11.3. The molecule has 0 aliphatic carbocycles. The van der Waals surface area contributed by atoms with E-state index in [1.54, 1.807) is 7.11 Å². The summed E-state index contributed by atoms with van der Waals surface area (Å²) in [4.78, 5) is 14.0. The van der Waals surface area contributed by atoms with Gasteiger partial charge in [-0.25, -0.2) is 5.84 Å². The van der Waals surface area contributed by atoms with E-state index in [0.29, 0.717) is 12.5 Å². The molecular formula is C19H31N3O3. The summed E-state index contributed by atoms with van der Waals surface area (Å²) in [5.74, 6) is 7.32. The predicted molar refractivity (Wildman–Crippen MR) is 98.3 cm³/mol. The third-order valence-corrected chi connectivity index (χ3v) is 4.61. The molecule has 2 rings (SSSR count). The SMILES string of the molecule is COc1cc(CN2CCCC(C(=O)NN)C2)ccc1OCCC(C)C. The highest BCUT2D eigenvalue weighted by Crippen LogP contribution is 2.29. The second-order valence-corrected chi connectivity index (χ2v) is 7.10. The second-order valence-electron chi connectivity index (χ2n) is 7.10. The van der Waals surface area contributed by atoms with Crippen molar-refractivity contribution >= 4 is 5.91 Å². The molecule has 1 aromatic rings. The largest absolute Gasteiger partial charge is 0.493 e. The maximum atomic E-state index is 11.8. The van der Waals surface area contributed by atoms with E-state index in [4.69, 9.17) is 15.3 Å². The fraction of sp³-hybridized carbons (Fsp3) is 0.632. The van der Waals surface area contributed by atoms with Crippen LogP contribution in [0.4, 0.5) is 0 Å². The minimum Gasteiger partial charge on any atom is -0.493 e. The van der Waals surface area contributed by atoms with Crippen LogP contribution in [0.5, 0.6) is 11.5 Å². The molecule has 6 heteroatoms.